The Morgan fingerprint density at radius 2 is 1.77 bits per heavy atom. The Morgan fingerprint density at radius 3 is 2.49 bits per heavy atom. The first-order valence-electron chi connectivity index (χ1n) is 15.6. The maximum atomic E-state index is 14.0. The number of rotatable bonds is 11. The number of carbonyl (C=O) groups excluding carboxylic acids is 2. The van der Waals surface area contributed by atoms with Gasteiger partial charge in [0, 0.05) is 44.2 Å². The third kappa shape index (κ3) is 7.24. The first-order valence-corrected chi connectivity index (χ1v) is 15.6. The number of nitrogens with one attached hydrogen (secondary N) is 1. The van der Waals surface area contributed by atoms with E-state index in [1.54, 1.807) is 42.4 Å². The predicted molar refractivity (Wildman–Crippen MR) is 173 cm³/mol. The summed E-state index contributed by atoms with van der Waals surface area (Å²) in [7, 11) is 3.21. The predicted octanol–water partition coefficient (Wildman–Crippen LogP) is 3.15. The molecule has 0 spiro atoms. The highest BCUT2D eigenvalue weighted by Crippen LogP contribution is 2.33. The first kappa shape index (κ1) is 31.6. The maximum absolute atomic E-state index is 14.0. The van der Waals surface area contributed by atoms with Crippen molar-refractivity contribution in [1.82, 2.24) is 29.7 Å². The van der Waals surface area contributed by atoms with Crippen LogP contribution in [0.3, 0.4) is 0 Å². The van der Waals surface area contributed by atoms with E-state index >= 15 is 0 Å². The van der Waals surface area contributed by atoms with E-state index < -0.39 is 6.04 Å². The van der Waals surface area contributed by atoms with E-state index in [-0.39, 0.29) is 37.5 Å². The monoisotopic (exact) mass is 641 g/mol. The molecule has 1 fully saturated rings. The van der Waals surface area contributed by atoms with E-state index in [1.165, 1.54) is 0 Å². The van der Waals surface area contributed by atoms with E-state index in [0.29, 0.717) is 60.8 Å². The fourth-order valence-corrected chi connectivity index (χ4v) is 5.68. The van der Waals surface area contributed by atoms with Crippen LogP contribution in [0.1, 0.15) is 36.6 Å². The van der Waals surface area contributed by atoms with E-state index in [2.05, 4.69) is 24.1 Å². The van der Waals surface area contributed by atoms with Gasteiger partial charge in [0.15, 0.2) is 11.5 Å². The van der Waals surface area contributed by atoms with Crippen LogP contribution in [0.15, 0.2) is 61.2 Å². The fraction of sp³-hybridized carbons (Fsp3) is 0.382. The van der Waals surface area contributed by atoms with E-state index in [0.717, 1.165) is 16.8 Å². The molecule has 2 aromatic heterocycles. The zero-order chi connectivity index (χ0) is 32.9. The molecule has 6 rings (SSSR count). The lowest BCUT2D eigenvalue weighted by molar-refractivity contribution is -0.132. The number of hydrogen-bond donors (Lipinski definition) is 1. The van der Waals surface area contributed by atoms with Gasteiger partial charge in [-0.1, -0.05) is 19.9 Å². The van der Waals surface area contributed by atoms with Crippen LogP contribution in [0.25, 0.3) is 5.95 Å². The number of piperazine rings is 1. The summed E-state index contributed by atoms with van der Waals surface area (Å²) in [5, 5.41) is 3.10. The molecule has 1 saturated heterocycles. The van der Waals surface area contributed by atoms with Crippen LogP contribution in [-0.4, -0.2) is 89.5 Å². The quantitative estimate of drug-likeness (QED) is 0.260. The summed E-state index contributed by atoms with van der Waals surface area (Å²) in [5.74, 6) is 3.59. The number of methoxy groups -OCH3 is 2. The lowest BCUT2D eigenvalue weighted by Crippen LogP contribution is -2.61. The minimum absolute atomic E-state index is 0.0746. The Labute approximate surface area is 273 Å². The number of amides is 2. The lowest BCUT2D eigenvalue weighted by Gasteiger charge is -2.41. The number of carbonyl (C=O) groups is 2. The summed E-state index contributed by atoms with van der Waals surface area (Å²) in [5.41, 5.74) is 2.62. The van der Waals surface area contributed by atoms with E-state index in [4.69, 9.17) is 28.9 Å². The topological polar surface area (TPSA) is 133 Å². The zero-order valence-electron chi connectivity index (χ0n) is 27.0. The number of imidazole rings is 1. The highest BCUT2D eigenvalue weighted by Gasteiger charge is 2.36. The highest BCUT2D eigenvalue weighted by molar-refractivity contribution is 5.87. The Morgan fingerprint density at radius 1 is 0.979 bits per heavy atom. The molecule has 4 aromatic rings. The number of fused-ring (bicyclic) bond motifs is 1. The summed E-state index contributed by atoms with van der Waals surface area (Å²) in [4.78, 5) is 45.0. The molecule has 47 heavy (non-hydrogen) atoms. The molecular weight excluding hydrogens is 602 g/mol. The van der Waals surface area contributed by atoms with Crippen LogP contribution in [0.2, 0.25) is 0 Å². The molecule has 2 amide bonds. The van der Waals surface area contributed by atoms with Crippen molar-refractivity contribution in [3.05, 3.63) is 78.0 Å². The molecule has 246 valence electrons. The molecule has 0 saturated carbocycles. The number of hydrogen-bond acceptors (Lipinski definition) is 10. The van der Waals surface area contributed by atoms with Gasteiger partial charge in [-0.25, -0.2) is 9.97 Å². The Hall–Kier alpha value is -5.33. The largest absolute Gasteiger partial charge is 0.497 e. The van der Waals surface area contributed by atoms with Crippen molar-refractivity contribution in [2.45, 2.75) is 38.6 Å². The number of benzene rings is 2. The van der Waals surface area contributed by atoms with Crippen molar-refractivity contribution < 1.29 is 28.5 Å². The van der Waals surface area contributed by atoms with Crippen LogP contribution in [-0.2, 0) is 22.4 Å². The molecule has 0 aliphatic carbocycles. The molecule has 2 aromatic carbocycles. The summed E-state index contributed by atoms with van der Waals surface area (Å²) in [6, 6.07) is 12.4. The maximum Gasteiger partial charge on any atom is 0.244 e. The molecule has 13 heteroatoms. The van der Waals surface area contributed by atoms with Gasteiger partial charge < -0.3 is 34.1 Å². The van der Waals surface area contributed by atoms with Crippen LogP contribution in [0, 0.1) is 0 Å². The Balaban J connectivity index is 1.23. The van der Waals surface area contributed by atoms with E-state index in [1.807, 2.05) is 47.4 Å². The first-order chi connectivity index (χ1) is 22.8. The van der Waals surface area contributed by atoms with Gasteiger partial charge in [0.05, 0.1) is 32.9 Å². The standard InChI is InChI=1S/C34H39N7O6/c1-22(2)27-18-31(38-34(37-27)40-10-9-35-20-40)41-12-11-39(32(42)16-23-5-6-29-30(15-23)47-21-46-29)19-28(41)33(43)36-8-7-24-13-25(44-3)17-26(14-24)45-4/h5-6,9-10,13-15,17-18,20,22,28H,7-8,11-12,16,19,21H2,1-4H3,(H,36,43). The van der Waals surface area contributed by atoms with Crippen molar-refractivity contribution in [3.8, 4) is 28.9 Å². The van der Waals surface area contributed by atoms with Crippen molar-refractivity contribution in [3.63, 3.8) is 0 Å². The lowest BCUT2D eigenvalue weighted by atomic mass is 10.1. The van der Waals surface area contributed by atoms with E-state index in [9.17, 15) is 9.59 Å². The van der Waals surface area contributed by atoms with Gasteiger partial charge in [-0.2, -0.15) is 4.98 Å². The molecule has 2 aliphatic heterocycles. The second-order valence-corrected chi connectivity index (χ2v) is 11.8. The van der Waals surface area contributed by atoms with Gasteiger partial charge in [0.2, 0.25) is 24.6 Å². The number of ether oxygens (including phenoxy) is 4. The zero-order valence-corrected chi connectivity index (χ0v) is 27.0. The number of aromatic nitrogens is 4. The third-order valence-electron chi connectivity index (χ3n) is 8.29. The Kier molecular flexibility index (Phi) is 9.41. The average molecular weight is 642 g/mol. The third-order valence-corrected chi connectivity index (χ3v) is 8.29. The highest BCUT2D eigenvalue weighted by atomic mass is 16.7. The summed E-state index contributed by atoms with van der Waals surface area (Å²) in [6.07, 6.45) is 5.85. The molecule has 0 radical (unpaired) electrons. The molecule has 4 heterocycles. The summed E-state index contributed by atoms with van der Waals surface area (Å²) < 4.78 is 23.5. The average Bonchev–Trinajstić information content (AvgIpc) is 3.80. The van der Waals surface area contributed by atoms with Gasteiger partial charge >= 0.3 is 0 Å². The normalized spacial score (nSPS) is 15.6. The number of anilines is 1. The second kappa shape index (κ2) is 14.0. The van der Waals surface area contributed by atoms with Gasteiger partial charge in [0.1, 0.15) is 29.7 Å². The van der Waals surface area contributed by atoms with Gasteiger partial charge in [-0.15, -0.1) is 0 Å². The second-order valence-electron chi connectivity index (χ2n) is 11.8. The molecular formula is C34H39N7O6. The minimum Gasteiger partial charge on any atom is -0.497 e. The van der Waals surface area contributed by atoms with Crippen molar-refractivity contribution in [2.75, 3.05) is 52.1 Å². The van der Waals surface area contributed by atoms with Crippen molar-refractivity contribution in [1.29, 1.82) is 0 Å². The summed E-state index contributed by atoms with van der Waals surface area (Å²) >= 11 is 0. The molecule has 13 nitrogen and oxygen atoms in total. The van der Waals surface area contributed by atoms with Crippen molar-refractivity contribution >= 4 is 17.6 Å². The Bertz CT molecular complexity index is 1710. The molecule has 1 unspecified atom stereocenters. The summed E-state index contributed by atoms with van der Waals surface area (Å²) in [6.45, 7) is 5.72. The fourth-order valence-electron chi connectivity index (χ4n) is 5.68. The van der Waals surface area contributed by atoms with Crippen LogP contribution >= 0.6 is 0 Å². The molecule has 1 N–H and O–H groups in total. The van der Waals surface area contributed by atoms with Crippen LogP contribution in [0.5, 0.6) is 23.0 Å². The molecule has 1 atom stereocenters. The number of nitrogens with zero attached hydrogens (tertiary/aromatic N) is 6. The van der Waals surface area contributed by atoms with Crippen LogP contribution < -0.4 is 29.2 Å². The SMILES string of the molecule is COc1cc(CCNC(=O)C2CN(C(=O)Cc3ccc4c(c3)OCO4)CCN2c2cc(C(C)C)nc(-n3ccnc3)n2)cc(OC)c1. The van der Waals surface area contributed by atoms with Crippen LogP contribution in [0.4, 0.5) is 5.82 Å². The molecule has 0 bridgehead atoms. The van der Waals surface area contributed by atoms with Gasteiger partial charge in [-0.3, -0.25) is 14.2 Å². The minimum atomic E-state index is -0.685. The van der Waals surface area contributed by atoms with Crippen molar-refractivity contribution in [2.24, 2.45) is 0 Å². The van der Waals surface area contributed by atoms with Gasteiger partial charge in [0.25, 0.3) is 0 Å². The molecule has 2 aliphatic rings. The smallest absolute Gasteiger partial charge is 0.244 e. The van der Waals surface area contributed by atoms with Gasteiger partial charge in [-0.05, 0) is 47.7 Å².